The van der Waals surface area contributed by atoms with Crippen LogP contribution in [-0.2, 0) is 24.2 Å². The molecule has 2 atom stereocenters. The van der Waals surface area contributed by atoms with Crippen molar-refractivity contribution in [3.8, 4) is 0 Å². The van der Waals surface area contributed by atoms with Gasteiger partial charge < -0.3 is 10.1 Å². The molecular formula is C19H21NO5S2. The van der Waals surface area contributed by atoms with Crippen molar-refractivity contribution in [1.82, 2.24) is 5.32 Å². The van der Waals surface area contributed by atoms with E-state index in [1.165, 1.54) is 11.3 Å². The summed E-state index contributed by atoms with van der Waals surface area (Å²) in [6.07, 6.45) is 0.498. The third kappa shape index (κ3) is 5.64. The first-order valence-electron chi connectivity index (χ1n) is 8.67. The zero-order valence-corrected chi connectivity index (χ0v) is 16.3. The molecular weight excluding hydrogens is 386 g/mol. The summed E-state index contributed by atoms with van der Waals surface area (Å²) in [6.45, 7) is -0.382. The van der Waals surface area contributed by atoms with E-state index in [0.29, 0.717) is 6.42 Å². The van der Waals surface area contributed by atoms with Crippen molar-refractivity contribution in [3.05, 3.63) is 58.3 Å². The molecule has 0 saturated carbocycles. The number of carbonyl (C=O) groups excluding carboxylic acids is 2. The van der Waals surface area contributed by atoms with Crippen LogP contribution in [0.1, 0.15) is 29.3 Å². The molecule has 0 unspecified atom stereocenters. The molecule has 1 saturated heterocycles. The van der Waals surface area contributed by atoms with E-state index in [-0.39, 0.29) is 36.5 Å². The van der Waals surface area contributed by atoms with E-state index in [1.54, 1.807) is 0 Å². The zero-order valence-electron chi connectivity index (χ0n) is 14.7. The molecule has 3 rings (SSSR count). The topological polar surface area (TPSA) is 89.5 Å². The maximum atomic E-state index is 12.3. The van der Waals surface area contributed by atoms with E-state index in [0.717, 1.165) is 10.4 Å². The second-order valence-electron chi connectivity index (χ2n) is 6.56. The van der Waals surface area contributed by atoms with E-state index < -0.39 is 21.7 Å². The van der Waals surface area contributed by atoms with Crippen LogP contribution < -0.4 is 5.32 Å². The van der Waals surface area contributed by atoms with Gasteiger partial charge in [0.25, 0.3) is 5.91 Å². The van der Waals surface area contributed by atoms with Gasteiger partial charge in [-0.25, -0.2) is 8.42 Å². The number of hydrogen-bond acceptors (Lipinski definition) is 6. The summed E-state index contributed by atoms with van der Waals surface area (Å²) in [5.74, 6) is -1.02. The van der Waals surface area contributed by atoms with E-state index in [4.69, 9.17) is 4.74 Å². The lowest BCUT2D eigenvalue weighted by Crippen LogP contribution is -2.33. The van der Waals surface area contributed by atoms with Crippen molar-refractivity contribution < 1.29 is 22.7 Å². The van der Waals surface area contributed by atoms with Gasteiger partial charge in [-0.1, -0.05) is 36.4 Å². The number of ether oxygens (including phenoxy) is 1. The van der Waals surface area contributed by atoms with Crippen LogP contribution in [0, 0.1) is 5.92 Å². The largest absolute Gasteiger partial charge is 0.456 e. The highest BCUT2D eigenvalue weighted by Crippen LogP contribution is 2.26. The summed E-state index contributed by atoms with van der Waals surface area (Å²) in [7, 11) is -3.03. The van der Waals surface area contributed by atoms with Crippen LogP contribution in [0.25, 0.3) is 0 Å². The van der Waals surface area contributed by atoms with E-state index >= 15 is 0 Å². The Morgan fingerprint density at radius 1 is 1.19 bits per heavy atom. The van der Waals surface area contributed by atoms with Crippen LogP contribution in [0.3, 0.4) is 0 Å². The Hall–Kier alpha value is -2.19. The number of esters is 1. The summed E-state index contributed by atoms with van der Waals surface area (Å²) in [5, 5.41) is 4.83. The van der Waals surface area contributed by atoms with Gasteiger partial charge >= 0.3 is 5.97 Å². The summed E-state index contributed by atoms with van der Waals surface area (Å²) in [6, 6.07) is 13.1. The molecule has 1 aromatic carbocycles. The van der Waals surface area contributed by atoms with Gasteiger partial charge in [-0.2, -0.15) is 0 Å². The van der Waals surface area contributed by atoms with Crippen molar-refractivity contribution in [2.45, 2.75) is 18.9 Å². The minimum Gasteiger partial charge on any atom is -0.456 e. The molecule has 0 aliphatic carbocycles. The second kappa shape index (κ2) is 8.67. The maximum Gasteiger partial charge on any atom is 0.306 e. The molecule has 1 N–H and O–H groups in total. The van der Waals surface area contributed by atoms with E-state index in [9.17, 15) is 18.0 Å². The Labute approximate surface area is 162 Å². The smallest absolute Gasteiger partial charge is 0.306 e. The number of sulfone groups is 1. The quantitative estimate of drug-likeness (QED) is 0.712. The minimum atomic E-state index is -3.03. The van der Waals surface area contributed by atoms with Gasteiger partial charge in [-0.15, -0.1) is 11.3 Å². The summed E-state index contributed by atoms with van der Waals surface area (Å²) in [5.41, 5.74) is 0.941. The fourth-order valence-electron chi connectivity index (χ4n) is 3.10. The molecule has 1 amide bonds. The van der Waals surface area contributed by atoms with Crippen LogP contribution in [-0.4, -0.2) is 38.4 Å². The van der Waals surface area contributed by atoms with Crippen LogP contribution in [0.5, 0.6) is 0 Å². The molecule has 27 heavy (non-hydrogen) atoms. The predicted octanol–water partition coefficient (Wildman–Crippen LogP) is 2.32. The van der Waals surface area contributed by atoms with Crippen LogP contribution in [0.4, 0.5) is 0 Å². The predicted molar refractivity (Wildman–Crippen MR) is 103 cm³/mol. The van der Waals surface area contributed by atoms with Gasteiger partial charge in [-0.05, 0) is 29.3 Å². The number of nitrogens with one attached hydrogen (secondary N) is 1. The number of benzene rings is 1. The first-order chi connectivity index (χ1) is 12.9. The molecule has 144 valence electrons. The Balaban J connectivity index is 1.53. The average molecular weight is 408 g/mol. The number of carbonyl (C=O) groups is 2. The molecule has 2 aromatic rings. The normalized spacial score (nSPS) is 19.3. The molecule has 1 aromatic heterocycles. The first-order valence-corrected chi connectivity index (χ1v) is 11.4. The number of hydrogen-bond donors (Lipinski definition) is 1. The van der Waals surface area contributed by atoms with Crippen molar-refractivity contribution >= 4 is 33.1 Å². The molecule has 1 fully saturated rings. The summed E-state index contributed by atoms with van der Waals surface area (Å²) >= 11 is 1.53. The zero-order chi connectivity index (χ0) is 19.3. The first kappa shape index (κ1) is 19.6. The average Bonchev–Trinajstić information content (AvgIpc) is 3.28. The highest BCUT2D eigenvalue weighted by molar-refractivity contribution is 7.91. The van der Waals surface area contributed by atoms with E-state index in [1.807, 2.05) is 47.8 Å². The lowest BCUT2D eigenvalue weighted by Gasteiger charge is -2.18. The molecule has 0 bridgehead atoms. The molecule has 0 radical (unpaired) electrons. The highest BCUT2D eigenvalue weighted by Gasteiger charge is 2.30. The minimum absolute atomic E-state index is 0.0166. The fourth-order valence-corrected chi connectivity index (χ4v) is 5.76. The highest BCUT2D eigenvalue weighted by atomic mass is 32.2. The Morgan fingerprint density at radius 3 is 2.59 bits per heavy atom. The lowest BCUT2D eigenvalue weighted by molar-refractivity contribution is -0.149. The Morgan fingerprint density at radius 2 is 1.96 bits per heavy atom. The Bertz CT molecular complexity index is 878. The molecule has 0 spiro atoms. The van der Waals surface area contributed by atoms with Crippen molar-refractivity contribution in [2.75, 3.05) is 18.1 Å². The van der Waals surface area contributed by atoms with Crippen LogP contribution >= 0.6 is 11.3 Å². The summed E-state index contributed by atoms with van der Waals surface area (Å²) < 4.78 is 27.9. The van der Waals surface area contributed by atoms with Gasteiger partial charge in [0.05, 0.1) is 17.5 Å². The van der Waals surface area contributed by atoms with Gasteiger partial charge in [0, 0.05) is 11.3 Å². The lowest BCUT2D eigenvalue weighted by atomic mass is 10.1. The molecule has 6 nitrogen and oxygen atoms in total. The van der Waals surface area contributed by atoms with Crippen LogP contribution in [0.2, 0.25) is 0 Å². The van der Waals surface area contributed by atoms with Gasteiger partial charge in [0.15, 0.2) is 16.4 Å². The second-order valence-corrected chi connectivity index (χ2v) is 9.77. The van der Waals surface area contributed by atoms with Gasteiger partial charge in [0.2, 0.25) is 0 Å². The summed E-state index contributed by atoms with van der Waals surface area (Å²) in [4.78, 5) is 25.2. The SMILES string of the molecule is O=C(COC(=O)C[C@@H]1CCS(=O)(=O)C1)N[C@H](c1ccccc1)c1cccs1. The molecule has 8 heteroatoms. The van der Waals surface area contributed by atoms with Crippen LogP contribution in [0.15, 0.2) is 47.8 Å². The number of thiophene rings is 1. The molecule has 1 aliphatic rings. The third-order valence-corrected chi connectivity index (χ3v) is 7.19. The van der Waals surface area contributed by atoms with E-state index in [2.05, 4.69) is 5.32 Å². The molecule has 2 heterocycles. The molecule has 1 aliphatic heterocycles. The van der Waals surface area contributed by atoms with Crippen molar-refractivity contribution in [1.29, 1.82) is 0 Å². The fraction of sp³-hybridized carbons (Fsp3) is 0.368. The van der Waals surface area contributed by atoms with Crippen molar-refractivity contribution in [3.63, 3.8) is 0 Å². The Kier molecular flexibility index (Phi) is 6.28. The third-order valence-electron chi connectivity index (χ3n) is 4.41. The maximum absolute atomic E-state index is 12.3. The monoisotopic (exact) mass is 407 g/mol. The van der Waals surface area contributed by atoms with Gasteiger partial charge in [-0.3, -0.25) is 9.59 Å². The number of amides is 1. The standard InChI is InChI=1S/C19H21NO5S2/c21-17(12-25-18(22)11-14-8-10-27(23,24)13-14)20-19(16-7-4-9-26-16)15-5-2-1-3-6-15/h1-7,9,14,19H,8,10-13H2,(H,20,21)/t14-,19+/m0/s1. The number of rotatable bonds is 7. The van der Waals surface area contributed by atoms with Gasteiger partial charge in [0.1, 0.15) is 0 Å². The van der Waals surface area contributed by atoms with Crippen molar-refractivity contribution in [2.24, 2.45) is 5.92 Å².